The highest BCUT2D eigenvalue weighted by Gasteiger charge is 2.14. The number of aliphatic carboxylic acids is 1. The lowest BCUT2D eigenvalue weighted by Gasteiger charge is -2.25. The van der Waals surface area contributed by atoms with E-state index in [1.165, 1.54) is 0 Å². The molecule has 0 bridgehead atoms. The third-order valence-electron chi connectivity index (χ3n) is 2.40. The standard InChI is InChI=1S/C12H16ClNO3/c1-2-11(15)7-14(8-12(16)17)10-5-3-4-9(13)6-10/h3-6,11,15H,2,7-8H2,1H3,(H,16,17). The molecule has 0 aliphatic carbocycles. The molecule has 0 spiro atoms. The summed E-state index contributed by atoms with van der Waals surface area (Å²) in [7, 11) is 0. The summed E-state index contributed by atoms with van der Waals surface area (Å²) in [4.78, 5) is 12.4. The van der Waals surface area contributed by atoms with Gasteiger partial charge in [0.2, 0.25) is 0 Å². The van der Waals surface area contributed by atoms with Crippen LogP contribution in [-0.2, 0) is 4.79 Å². The molecular weight excluding hydrogens is 242 g/mol. The zero-order chi connectivity index (χ0) is 12.8. The van der Waals surface area contributed by atoms with E-state index in [1.54, 1.807) is 29.2 Å². The Kier molecular flexibility index (Phi) is 5.25. The molecular formula is C12H16ClNO3. The van der Waals surface area contributed by atoms with Crippen LogP contribution in [-0.4, -0.2) is 35.4 Å². The molecule has 0 saturated heterocycles. The molecule has 0 heterocycles. The Morgan fingerprint density at radius 3 is 2.76 bits per heavy atom. The van der Waals surface area contributed by atoms with E-state index in [0.717, 1.165) is 0 Å². The molecule has 0 radical (unpaired) electrons. The molecule has 0 aromatic heterocycles. The number of anilines is 1. The van der Waals surface area contributed by atoms with E-state index in [4.69, 9.17) is 16.7 Å². The number of hydrogen-bond acceptors (Lipinski definition) is 3. The summed E-state index contributed by atoms with van der Waals surface area (Å²) in [5.74, 6) is -0.937. The van der Waals surface area contributed by atoms with Gasteiger partial charge < -0.3 is 15.1 Å². The van der Waals surface area contributed by atoms with E-state index in [-0.39, 0.29) is 13.1 Å². The number of nitrogens with zero attached hydrogens (tertiary/aromatic N) is 1. The van der Waals surface area contributed by atoms with Gasteiger partial charge in [0.15, 0.2) is 0 Å². The van der Waals surface area contributed by atoms with E-state index in [2.05, 4.69) is 0 Å². The third-order valence-corrected chi connectivity index (χ3v) is 2.64. The summed E-state index contributed by atoms with van der Waals surface area (Å²) in [6, 6.07) is 6.94. The highest BCUT2D eigenvalue weighted by Crippen LogP contribution is 2.19. The van der Waals surface area contributed by atoms with Gasteiger partial charge in [-0.1, -0.05) is 24.6 Å². The molecule has 1 unspecified atom stereocenters. The predicted molar refractivity (Wildman–Crippen MR) is 67.6 cm³/mol. The van der Waals surface area contributed by atoms with Crippen molar-refractivity contribution in [2.45, 2.75) is 19.4 Å². The highest BCUT2D eigenvalue weighted by atomic mass is 35.5. The summed E-state index contributed by atoms with van der Waals surface area (Å²) in [5.41, 5.74) is 0.701. The van der Waals surface area contributed by atoms with Gasteiger partial charge in [0.25, 0.3) is 0 Å². The van der Waals surface area contributed by atoms with E-state index in [9.17, 15) is 9.90 Å². The van der Waals surface area contributed by atoms with Crippen molar-refractivity contribution in [3.8, 4) is 0 Å². The molecule has 4 nitrogen and oxygen atoms in total. The van der Waals surface area contributed by atoms with Crippen molar-refractivity contribution in [1.29, 1.82) is 0 Å². The first-order valence-electron chi connectivity index (χ1n) is 5.43. The minimum Gasteiger partial charge on any atom is -0.480 e. The average molecular weight is 258 g/mol. The lowest BCUT2D eigenvalue weighted by molar-refractivity contribution is -0.135. The number of hydrogen-bond donors (Lipinski definition) is 2. The molecule has 1 atom stereocenters. The Bertz CT molecular complexity index is 384. The van der Waals surface area contributed by atoms with Gasteiger partial charge in [-0.3, -0.25) is 4.79 Å². The fourth-order valence-corrected chi connectivity index (χ4v) is 1.67. The first-order valence-corrected chi connectivity index (χ1v) is 5.81. The second-order valence-corrected chi connectivity index (χ2v) is 4.25. The third kappa shape index (κ3) is 4.63. The minimum atomic E-state index is -0.937. The average Bonchev–Trinajstić information content (AvgIpc) is 2.27. The molecule has 0 amide bonds. The number of rotatable bonds is 6. The van der Waals surface area contributed by atoms with Crippen LogP contribution >= 0.6 is 11.6 Å². The van der Waals surface area contributed by atoms with Gasteiger partial charge in [-0.05, 0) is 24.6 Å². The maximum Gasteiger partial charge on any atom is 0.323 e. The van der Waals surface area contributed by atoms with Crippen LogP contribution in [0.1, 0.15) is 13.3 Å². The van der Waals surface area contributed by atoms with Crippen LogP contribution in [0.25, 0.3) is 0 Å². The van der Waals surface area contributed by atoms with Crippen molar-refractivity contribution in [1.82, 2.24) is 0 Å². The Hall–Kier alpha value is -1.26. The quantitative estimate of drug-likeness (QED) is 0.818. The van der Waals surface area contributed by atoms with Crippen molar-refractivity contribution >= 4 is 23.3 Å². The maximum atomic E-state index is 10.8. The van der Waals surface area contributed by atoms with Crippen LogP contribution in [0.2, 0.25) is 5.02 Å². The van der Waals surface area contributed by atoms with Gasteiger partial charge in [-0.2, -0.15) is 0 Å². The van der Waals surface area contributed by atoms with Crippen LogP contribution in [0.15, 0.2) is 24.3 Å². The largest absolute Gasteiger partial charge is 0.480 e. The number of carboxylic acid groups (broad SMARTS) is 1. The number of benzene rings is 1. The maximum absolute atomic E-state index is 10.8. The van der Waals surface area contributed by atoms with Gasteiger partial charge in [0.1, 0.15) is 6.54 Å². The van der Waals surface area contributed by atoms with Gasteiger partial charge >= 0.3 is 5.97 Å². The van der Waals surface area contributed by atoms with E-state index < -0.39 is 12.1 Å². The second kappa shape index (κ2) is 6.47. The molecule has 0 aliphatic rings. The van der Waals surface area contributed by atoms with Crippen LogP contribution in [0.3, 0.4) is 0 Å². The summed E-state index contributed by atoms with van der Waals surface area (Å²) < 4.78 is 0. The molecule has 0 saturated carbocycles. The van der Waals surface area contributed by atoms with Crippen molar-refractivity contribution in [3.05, 3.63) is 29.3 Å². The predicted octanol–water partition coefficient (Wildman–Crippen LogP) is 2.00. The summed E-state index contributed by atoms with van der Waals surface area (Å²) in [6.07, 6.45) is 0.0322. The fourth-order valence-electron chi connectivity index (χ4n) is 1.48. The monoisotopic (exact) mass is 257 g/mol. The first-order chi connectivity index (χ1) is 8.02. The number of carboxylic acids is 1. The zero-order valence-corrected chi connectivity index (χ0v) is 10.4. The topological polar surface area (TPSA) is 60.8 Å². The Morgan fingerprint density at radius 1 is 1.53 bits per heavy atom. The summed E-state index contributed by atoms with van der Waals surface area (Å²) in [6.45, 7) is 1.97. The minimum absolute atomic E-state index is 0.155. The van der Waals surface area contributed by atoms with E-state index in [0.29, 0.717) is 17.1 Å². The smallest absolute Gasteiger partial charge is 0.323 e. The fraction of sp³-hybridized carbons (Fsp3) is 0.417. The number of aliphatic hydroxyl groups is 1. The van der Waals surface area contributed by atoms with Crippen LogP contribution < -0.4 is 4.90 Å². The van der Waals surface area contributed by atoms with Gasteiger partial charge in [0, 0.05) is 17.3 Å². The zero-order valence-electron chi connectivity index (χ0n) is 9.64. The molecule has 17 heavy (non-hydrogen) atoms. The van der Waals surface area contributed by atoms with Crippen LogP contribution in [0.5, 0.6) is 0 Å². The number of aliphatic hydroxyl groups excluding tert-OH is 1. The molecule has 94 valence electrons. The second-order valence-electron chi connectivity index (χ2n) is 3.82. The van der Waals surface area contributed by atoms with Gasteiger partial charge in [0.05, 0.1) is 6.10 Å². The van der Waals surface area contributed by atoms with Crippen LogP contribution in [0.4, 0.5) is 5.69 Å². The highest BCUT2D eigenvalue weighted by molar-refractivity contribution is 6.30. The number of halogens is 1. The Morgan fingerprint density at radius 2 is 2.24 bits per heavy atom. The van der Waals surface area contributed by atoms with Crippen molar-refractivity contribution in [2.24, 2.45) is 0 Å². The summed E-state index contributed by atoms with van der Waals surface area (Å²) in [5, 5.41) is 19.0. The molecule has 1 aromatic carbocycles. The van der Waals surface area contributed by atoms with Crippen molar-refractivity contribution in [2.75, 3.05) is 18.0 Å². The molecule has 1 rings (SSSR count). The van der Waals surface area contributed by atoms with Gasteiger partial charge in [-0.25, -0.2) is 0 Å². The summed E-state index contributed by atoms with van der Waals surface area (Å²) >= 11 is 5.86. The lowest BCUT2D eigenvalue weighted by Crippen LogP contribution is -2.36. The molecule has 5 heteroatoms. The number of carbonyl (C=O) groups is 1. The molecule has 1 aromatic rings. The first kappa shape index (κ1) is 13.8. The Balaban J connectivity index is 2.85. The van der Waals surface area contributed by atoms with Crippen molar-refractivity contribution < 1.29 is 15.0 Å². The Labute approximate surface area is 105 Å². The molecule has 0 fully saturated rings. The molecule has 2 N–H and O–H groups in total. The van der Waals surface area contributed by atoms with Crippen LogP contribution in [0, 0.1) is 0 Å². The van der Waals surface area contributed by atoms with Gasteiger partial charge in [-0.15, -0.1) is 0 Å². The normalized spacial score (nSPS) is 12.2. The van der Waals surface area contributed by atoms with E-state index in [1.807, 2.05) is 6.92 Å². The van der Waals surface area contributed by atoms with E-state index >= 15 is 0 Å². The van der Waals surface area contributed by atoms with Crippen molar-refractivity contribution in [3.63, 3.8) is 0 Å². The molecule has 0 aliphatic heterocycles. The lowest BCUT2D eigenvalue weighted by atomic mass is 10.2. The SMILES string of the molecule is CCC(O)CN(CC(=O)O)c1cccc(Cl)c1.